The Balaban J connectivity index is 1.19. The number of fused-ring (bicyclic) bond motifs is 13. The molecule has 0 saturated heterocycles. The summed E-state index contributed by atoms with van der Waals surface area (Å²) in [6, 6.07) is 56.5. The van der Waals surface area contributed by atoms with E-state index in [1.807, 2.05) is 42.5 Å². The molecule has 5 heterocycles. The Morgan fingerprint density at radius 2 is 1.00 bits per heavy atom. The topological polar surface area (TPSA) is 65.0 Å². The van der Waals surface area contributed by atoms with Crippen LogP contribution in [0.2, 0.25) is 0 Å². The summed E-state index contributed by atoms with van der Waals surface area (Å²) in [5.41, 5.74) is 11.6. The zero-order valence-electron chi connectivity index (χ0n) is 28.7. The lowest BCUT2D eigenvalue weighted by atomic mass is 9.92. The predicted octanol–water partition coefficient (Wildman–Crippen LogP) is 13.3. The van der Waals surface area contributed by atoms with Crippen LogP contribution in [0.25, 0.3) is 121 Å². The van der Waals surface area contributed by atoms with Crippen molar-refractivity contribution >= 4 is 87.4 Å². The Bertz CT molecular complexity index is 3510. The molecular weight excluding hydrogens is 663 g/mol. The average molecular weight is 690 g/mol. The van der Waals surface area contributed by atoms with Crippen molar-refractivity contribution in [1.82, 2.24) is 15.0 Å². The Morgan fingerprint density at radius 1 is 0.370 bits per heavy atom. The van der Waals surface area contributed by atoms with E-state index in [9.17, 15) is 0 Å². The van der Waals surface area contributed by atoms with Gasteiger partial charge in [-0.1, -0.05) is 109 Å². The molecule has 0 unspecified atom stereocenters. The first-order chi connectivity index (χ1) is 26.7. The van der Waals surface area contributed by atoms with E-state index >= 15 is 0 Å². The normalized spacial score (nSPS) is 12.1. The highest BCUT2D eigenvalue weighted by Crippen LogP contribution is 2.46. The molecule has 0 radical (unpaired) electrons. The maximum absolute atomic E-state index is 6.82. The van der Waals surface area contributed by atoms with Gasteiger partial charge in [0.15, 0.2) is 0 Å². The minimum absolute atomic E-state index is 0.798. The Hall–Kier alpha value is -7.37. The molecule has 12 aromatic rings. The van der Waals surface area contributed by atoms with Gasteiger partial charge in [0.2, 0.25) is 0 Å². The second kappa shape index (κ2) is 11.1. The lowest BCUT2D eigenvalue weighted by Crippen LogP contribution is -1.94. The maximum Gasteiger partial charge on any atom is 0.145 e. The molecule has 0 amide bonds. The van der Waals surface area contributed by atoms with Crippen molar-refractivity contribution in [2.45, 2.75) is 0 Å². The first kappa shape index (κ1) is 29.2. The Labute approximate surface area is 307 Å². The van der Waals surface area contributed by atoms with E-state index in [-0.39, 0.29) is 0 Å². The number of hydrogen-bond donors (Lipinski definition) is 0. The summed E-state index contributed by atoms with van der Waals surface area (Å²) in [6.07, 6.45) is 0. The molecular formula is C49H27N3O2. The lowest BCUT2D eigenvalue weighted by molar-refractivity contribution is 0.669. The monoisotopic (exact) mass is 689 g/mol. The van der Waals surface area contributed by atoms with Gasteiger partial charge in [0.05, 0.1) is 33.6 Å². The molecule has 0 aliphatic rings. The highest BCUT2D eigenvalue weighted by atomic mass is 16.3. The van der Waals surface area contributed by atoms with Crippen LogP contribution in [0.1, 0.15) is 0 Å². The number of furan rings is 2. The SMILES string of the molecule is c1ccc(-c2ccc3ccc4ccc(-c5cc6c(-c7ccc8oc9ccccc9c8c7)nc7ccccc7c6c6c5oc5ccccc56)nc4c3n2)cc1. The van der Waals surface area contributed by atoms with Gasteiger partial charge in [-0.3, -0.25) is 0 Å². The zero-order chi connectivity index (χ0) is 35.3. The molecule has 12 rings (SSSR count). The van der Waals surface area contributed by atoms with Crippen LogP contribution in [-0.4, -0.2) is 15.0 Å². The highest BCUT2D eigenvalue weighted by molar-refractivity contribution is 6.30. The van der Waals surface area contributed by atoms with Crippen molar-refractivity contribution in [2.75, 3.05) is 0 Å². The zero-order valence-corrected chi connectivity index (χ0v) is 28.7. The van der Waals surface area contributed by atoms with Gasteiger partial charge in [-0.2, -0.15) is 0 Å². The van der Waals surface area contributed by atoms with E-state index < -0.39 is 0 Å². The van der Waals surface area contributed by atoms with Crippen molar-refractivity contribution in [1.29, 1.82) is 0 Å². The fourth-order valence-corrected chi connectivity index (χ4v) is 8.30. The van der Waals surface area contributed by atoms with Gasteiger partial charge in [0.25, 0.3) is 0 Å². The molecule has 0 N–H and O–H groups in total. The van der Waals surface area contributed by atoms with E-state index in [0.717, 1.165) is 121 Å². The Kier molecular flexibility index (Phi) is 5.99. The largest absolute Gasteiger partial charge is 0.456 e. The number of aromatic nitrogens is 3. The molecule has 5 aromatic heterocycles. The van der Waals surface area contributed by atoms with Crippen LogP contribution in [0.15, 0.2) is 173 Å². The number of pyridine rings is 3. The average Bonchev–Trinajstić information content (AvgIpc) is 3.81. The van der Waals surface area contributed by atoms with E-state index in [1.54, 1.807) is 0 Å². The third kappa shape index (κ3) is 4.24. The third-order valence-electron chi connectivity index (χ3n) is 10.8. The fourth-order valence-electron chi connectivity index (χ4n) is 8.30. The quantitative estimate of drug-likeness (QED) is 0.173. The second-order valence-corrected chi connectivity index (χ2v) is 13.9. The van der Waals surface area contributed by atoms with Gasteiger partial charge < -0.3 is 8.83 Å². The minimum Gasteiger partial charge on any atom is -0.456 e. The summed E-state index contributed by atoms with van der Waals surface area (Å²) in [5, 5.41) is 9.53. The molecule has 0 fully saturated rings. The lowest BCUT2D eigenvalue weighted by Gasteiger charge is -2.14. The number of benzene rings is 7. The van der Waals surface area contributed by atoms with Gasteiger partial charge >= 0.3 is 0 Å². The van der Waals surface area contributed by atoms with Gasteiger partial charge in [0.1, 0.15) is 22.3 Å². The van der Waals surface area contributed by atoms with Crippen molar-refractivity contribution in [2.24, 2.45) is 0 Å². The number of para-hydroxylation sites is 3. The molecule has 5 nitrogen and oxygen atoms in total. The fraction of sp³-hybridized carbons (Fsp3) is 0. The Morgan fingerprint density at radius 3 is 1.81 bits per heavy atom. The smallest absolute Gasteiger partial charge is 0.145 e. The van der Waals surface area contributed by atoms with Crippen LogP contribution in [-0.2, 0) is 0 Å². The van der Waals surface area contributed by atoms with Crippen LogP contribution in [0.3, 0.4) is 0 Å². The van der Waals surface area contributed by atoms with E-state index in [2.05, 4.69) is 121 Å². The van der Waals surface area contributed by atoms with Gasteiger partial charge in [-0.15, -0.1) is 0 Å². The van der Waals surface area contributed by atoms with Gasteiger partial charge in [-0.05, 0) is 54.6 Å². The second-order valence-electron chi connectivity index (χ2n) is 13.9. The van der Waals surface area contributed by atoms with Crippen LogP contribution < -0.4 is 0 Å². The van der Waals surface area contributed by atoms with Crippen molar-refractivity contribution < 1.29 is 8.83 Å². The van der Waals surface area contributed by atoms with Crippen LogP contribution in [0.4, 0.5) is 0 Å². The molecule has 7 aromatic carbocycles. The molecule has 54 heavy (non-hydrogen) atoms. The van der Waals surface area contributed by atoms with Crippen molar-refractivity contribution in [3.63, 3.8) is 0 Å². The maximum atomic E-state index is 6.82. The molecule has 5 heteroatoms. The van der Waals surface area contributed by atoms with Crippen molar-refractivity contribution in [3.8, 4) is 33.8 Å². The van der Waals surface area contributed by atoms with Crippen molar-refractivity contribution in [3.05, 3.63) is 164 Å². The molecule has 0 saturated carbocycles. The van der Waals surface area contributed by atoms with Crippen LogP contribution in [0, 0.1) is 0 Å². The molecule has 0 spiro atoms. The van der Waals surface area contributed by atoms with E-state index in [0.29, 0.717) is 0 Å². The molecule has 0 aliphatic carbocycles. The van der Waals surface area contributed by atoms with Crippen LogP contribution in [0.5, 0.6) is 0 Å². The van der Waals surface area contributed by atoms with E-state index in [1.165, 1.54) is 0 Å². The van der Waals surface area contributed by atoms with Crippen LogP contribution >= 0.6 is 0 Å². The standard InChI is InChI=1S/C49H27N3O2/c1-2-10-28(11-3-1)38-23-20-29-18-19-30-21-24-40(52-48(30)47(29)50-38)36-27-37-44(45-34-14-6-9-17-42(34)54-49(36)45)33-13-4-7-15-39(33)51-46(37)31-22-25-43-35(26-31)32-12-5-8-16-41(32)53-43/h1-27H. The molecule has 250 valence electrons. The summed E-state index contributed by atoms with van der Waals surface area (Å²) in [4.78, 5) is 16.0. The minimum atomic E-state index is 0.798. The summed E-state index contributed by atoms with van der Waals surface area (Å²) in [7, 11) is 0. The third-order valence-corrected chi connectivity index (χ3v) is 10.8. The summed E-state index contributed by atoms with van der Waals surface area (Å²) < 4.78 is 13.0. The molecule has 0 aliphatic heterocycles. The molecule has 0 bridgehead atoms. The summed E-state index contributed by atoms with van der Waals surface area (Å²) >= 11 is 0. The molecule has 0 atom stereocenters. The van der Waals surface area contributed by atoms with E-state index in [4.69, 9.17) is 23.8 Å². The summed E-state index contributed by atoms with van der Waals surface area (Å²) in [6.45, 7) is 0. The first-order valence-corrected chi connectivity index (χ1v) is 18.1. The summed E-state index contributed by atoms with van der Waals surface area (Å²) in [5.74, 6) is 0. The predicted molar refractivity (Wildman–Crippen MR) is 221 cm³/mol. The van der Waals surface area contributed by atoms with Gasteiger partial charge in [0, 0.05) is 65.2 Å². The van der Waals surface area contributed by atoms with Gasteiger partial charge in [-0.25, -0.2) is 15.0 Å². The number of hydrogen-bond acceptors (Lipinski definition) is 5. The number of nitrogens with zero attached hydrogens (tertiary/aromatic N) is 3. The highest BCUT2D eigenvalue weighted by Gasteiger charge is 2.23. The first-order valence-electron chi connectivity index (χ1n) is 18.1. The number of rotatable bonds is 3.